The zero-order chi connectivity index (χ0) is 8.08. The topological polar surface area (TPSA) is 152 Å². The van der Waals surface area contributed by atoms with Crippen LogP contribution in [0.2, 0.25) is 0 Å². The molecular formula is NNi2O7P. The second-order valence-electron chi connectivity index (χ2n) is 0.671. The van der Waals surface area contributed by atoms with Gasteiger partial charge in [-0.15, -0.1) is 0 Å². The van der Waals surface area contributed by atoms with Crippen LogP contribution in [0.25, 0.3) is 0 Å². The normalized spacial score (nSPS) is 7.55. The zero-order valence-electron chi connectivity index (χ0n) is 4.38. The van der Waals surface area contributed by atoms with E-state index in [1.54, 1.807) is 0 Å². The number of nitrogens with zero attached hydrogens (tertiary/aromatic N) is 1. The van der Waals surface area contributed by atoms with Crippen LogP contribution in [-0.2, 0) is 37.5 Å². The third kappa shape index (κ3) is 8040. The predicted octanol–water partition coefficient (Wildman–Crippen LogP) is -3.07. The van der Waals surface area contributed by atoms with Crippen LogP contribution in [0.1, 0.15) is 0 Å². The van der Waals surface area contributed by atoms with E-state index in [0.29, 0.717) is 0 Å². The van der Waals surface area contributed by atoms with Crippen molar-refractivity contribution in [1.29, 1.82) is 0 Å². The summed E-state index contributed by atoms with van der Waals surface area (Å²) < 4.78 is 8.55. The molecule has 8 nitrogen and oxygen atoms in total. The molecule has 72 valence electrons. The van der Waals surface area contributed by atoms with E-state index in [2.05, 4.69) is 0 Å². The van der Waals surface area contributed by atoms with E-state index in [0.717, 1.165) is 0 Å². The fourth-order valence-electron chi connectivity index (χ4n) is 0. The number of hydrogen-bond donors (Lipinski definition) is 0. The van der Waals surface area contributed by atoms with Gasteiger partial charge in [-0.05, 0) is 0 Å². The Hall–Kier alpha value is 0.297. The Labute approximate surface area is 80.8 Å². The standard InChI is InChI=1S/NO3.2Ni.H3O4P/c2-1(3)4;;;1-5(2,3)4/h;;;(H3,1,2,3,4)/q-1;2*+2;/p-3. The molecule has 0 aromatic carbocycles. The molecule has 0 aromatic rings. The molecule has 0 fully saturated rings. The van der Waals surface area contributed by atoms with Gasteiger partial charge in [0.1, 0.15) is 0 Å². The molecule has 0 saturated carbocycles. The summed E-state index contributed by atoms with van der Waals surface area (Å²) in [6.45, 7) is 0. The van der Waals surface area contributed by atoms with E-state index < -0.39 is 12.9 Å². The molecule has 0 aromatic heterocycles. The molecule has 0 aliphatic heterocycles. The van der Waals surface area contributed by atoms with Crippen molar-refractivity contribution in [2.75, 3.05) is 0 Å². The summed E-state index contributed by atoms with van der Waals surface area (Å²) in [4.78, 5) is 33.9. The molecule has 0 amide bonds. The first-order valence-electron chi connectivity index (χ1n) is 1.28. The van der Waals surface area contributed by atoms with Gasteiger partial charge in [0, 0.05) is 0 Å². The Balaban J connectivity index is -0.0000000383. The maximum absolute atomic E-state index is 8.55. The molecule has 11 heteroatoms. The van der Waals surface area contributed by atoms with Crippen molar-refractivity contribution < 1.29 is 57.3 Å². The van der Waals surface area contributed by atoms with Crippen molar-refractivity contribution in [2.24, 2.45) is 0 Å². The summed E-state index contributed by atoms with van der Waals surface area (Å²) >= 11 is 0. The van der Waals surface area contributed by atoms with Gasteiger partial charge in [-0.2, -0.15) is 7.82 Å². The molecular weight excluding hydrogens is 274 g/mol. The van der Waals surface area contributed by atoms with Gasteiger partial charge >= 0.3 is 33.0 Å². The molecule has 0 unspecified atom stereocenters. The van der Waals surface area contributed by atoms with Crippen LogP contribution < -0.4 is 14.7 Å². The Bertz CT molecular complexity index is 116. The summed E-state index contributed by atoms with van der Waals surface area (Å²) in [5.41, 5.74) is 0. The van der Waals surface area contributed by atoms with Gasteiger partial charge in [0.05, 0.1) is 5.09 Å². The summed E-state index contributed by atoms with van der Waals surface area (Å²) in [6, 6.07) is 0. The molecule has 0 atom stereocenters. The molecule has 0 rings (SSSR count). The maximum Gasteiger partial charge on any atom is 2.00 e. The van der Waals surface area contributed by atoms with Gasteiger partial charge in [0.2, 0.25) is 0 Å². The van der Waals surface area contributed by atoms with Crippen molar-refractivity contribution in [3.8, 4) is 0 Å². The van der Waals surface area contributed by atoms with Crippen LogP contribution in [0.5, 0.6) is 0 Å². The second kappa shape index (κ2) is 10.3. The number of phosphoric acid groups is 1. The minimum absolute atomic E-state index is 0. The molecule has 0 N–H and O–H groups in total. The van der Waals surface area contributed by atoms with Gasteiger partial charge in [-0.25, -0.2) is 0 Å². The van der Waals surface area contributed by atoms with Crippen LogP contribution in [0, 0.1) is 15.3 Å². The van der Waals surface area contributed by atoms with E-state index >= 15 is 0 Å². The second-order valence-corrected chi connectivity index (χ2v) is 1.57. The molecule has 0 heterocycles. The quantitative estimate of drug-likeness (QED) is 0.196. The van der Waals surface area contributed by atoms with E-state index in [4.69, 9.17) is 34.6 Å². The number of rotatable bonds is 0. The zero-order valence-corrected chi connectivity index (χ0v) is 7.25. The van der Waals surface area contributed by atoms with Crippen molar-refractivity contribution >= 4 is 7.82 Å². The summed E-state index contributed by atoms with van der Waals surface area (Å²) in [6.07, 6.45) is 0. The fourth-order valence-corrected chi connectivity index (χ4v) is 0. The summed E-state index contributed by atoms with van der Waals surface area (Å²) in [5.74, 6) is 0. The minimum atomic E-state index is -5.39. The molecule has 0 aliphatic rings. The van der Waals surface area contributed by atoms with Crippen molar-refractivity contribution in [1.82, 2.24) is 0 Å². The van der Waals surface area contributed by atoms with Crippen LogP contribution in [0.15, 0.2) is 0 Å². The average Bonchev–Trinajstić information content (AvgIpc) is 1.19. The van der Waals surface area contributed by atoms with Gasteiger partial charge in [0.15, 0.2) is 0 Å². The maximum atomic E-state index is 8.55. The largest absolute Gasteiger partial charge is 2.00 e. The monoisotopic (exact) mass is 273 g/mol. The molecule has 0 bridgehead atoms. The molecule has 0 aliphatic carbocycles. The Kier molecular flexibility index (Phi) is 21.1. The van der Waals surface area contributed by atoms with Gasteiger partial charge < -0.3 is 34.6 Å². The van der Waals surface area contributed by atoms with Crippen molar-refractivity contribution in [3.05, 3.63) is 15.3 Å². The van der Waals surface area contributed by atoms with Gasteiger partial charge in [0.25, 0.3) is 0 Å². The van der Waals surface area contributed by atoms with E-state index in [1.165, 1.54) is 0 Å². The van der Waals surface area contributed by atoms with Gasteiger partial charge in [-0.3, -0.25) is 0 Å². The summed E-state index contributed by atoms with van der Waals surface area (Å²) in [5, 5.41) is 14.8. The first kappa shape index (κ1) is 22.5. The van der Waals surface area contributed by atoms with Crippen LogP contribution in [-0.4, -0.2) is 5.09 Å². The van der Waals surface area contributed by atoms with E-state index in [1.807, 2.05) is 0 Å². The predicted molar refractivity (Wildman–Crippen MR) is 18.0 cm³/mol. The smallest absolute Gasteiger partial charge is 0.822 e. The molecule has 11 heavy (non-hydrogen) atoms. The third-order valence-electron chi connectivity index (χ3n) is 0. The SMILES string of the molecule is O=P([O-])([O-])[O-].O=[N+]([O-])[O-].[Ni+2].[Ni+2]. The number of hydrogen-bond acceptors (Lipinski definition) is 7. The third-order valence-corrected chi connectivity index (χ3v) is 0. The fraction of sp³-hybridized carbons (Fsp3) is 0. The first-order valence-corrected chi connectivity index (χ1v) is 2.74. The van der Waals surface area contributed by atoms with Crippen molar-refractivity contribution in [2.45, 2.75) is 0 Å². The van der Waals surface area contributed by atoms with Crippen LogP contribution in [0.3, 0.4) is 0 Å². The molecule has 0 radical (unpaired) electrons. The Morgan fingerprint density at radius 2 is 1.00 bits per heavy atom. The van der Waals surface area contributed by atoms with Gasteiger partial charge in [-0.1, -0.05) is 0 Å². The molecule has 0 spiro atoms. The Morgan fingerprint density at radius 1 is 1.00 bits per heavy atom. The van der Waals surface area contributed by atoms with Crippen LogP contribution in [0.4, 0.5) is 0 Å². The average molecular weight is 274 g/mol. The first-order chi connectivity index (χ1) is 3.73. The minimum Gasteiger partial charge on any atom is -0.822 e. The van der Waals surface area contributed by atoms with Crippen LogP contribution >= 0.6 is 7.82 Å². The molecule has 0 saturated heterocycles. The summed E-state index contributed by atoms with van der Waals surface area (Å²) in [7, 11) is -5.39. The Morgan fingerprint density at radius 3 is 1.00 bits per heavy atom. The van der Waals surface area contributed by atoms with Crippen molar-refractivity contribution in [3.63, 3.8) is 0 Å². The van der Waals surface area contributed by atoms with E-state index in [9.17, 15) is 0 Å². The van der Waals surface area contributed by atoms with E-state index in [-0.39, 0.29) is 33.0 Å².